The molecule has 0 spiro atoms. The van der Waals surface area contributed by atoms with Crippen LogP contribution in [0.25, 0.3) is 0 Å². The van der Waals surface area contributed by atoms with Crippen LogP contribution in [0.3, 0.4) is 0 Å². The van der Waals surface area contributed by atoms with Crippen molar-refractivity contribution >= 4 is 45.2 Å². The second-order valence-corrected chi connectivity index (χ2v) is 10.7. The number of nitrogens with zero attached hydrogens (tertiary/aromatic N) is 2. The summed E-state index contributed by atoms with van der Waals surface area (Å²) in [6, 6.07) is 13.0. The number of carbonyl (C=O) groups excluding carboxylic acids is 2. The van der Waals surface area contributed by atoms with Crippen molar-refractivity contribution < 1.29 is 14.3 Å². The number of amidine groups is 1. The van der Waals surface area contributed by atoms with Crippen LogP contribution in [0, 0.1) is 0 Å². The van der Waals surface area contributed by atoms with E-state index in [2.05, 4.69) is 38.3 Å². The van der Waals surface area contributed by atoms with Crippen LogP contribution in [0.15, 0.2) is 70.3 Å². The summed E-state index contributed by atoms with van der Waals surface area (Å²) < 4.78 is 6.63. The molecule has 2 heterocycles. The molecule has 2 aromatic rings. The summed E-state index contributed by atoms with van der Waals surface area (Å²) in [5, 5.41) is 3.41. The van der Waals surface area contributed by atoms with Crippen molar-refractivity contribution in [3.05, 3.63) is 87.0 Å². The molecule has 3 N–H and O–H groups in total. The molecule has 0 bridgehead atoms. The van der Waals surface area contributed by atoms with E-state index in [-0.39, 0.29) is 30.5 Å². The highest BCUT2D eigenvalue weighted by Gasteiger charge is 2.27. The number of halogens is 2. The van der Waals surface area contributed by atoms with Crippen LogP contribution in [0.5, 0.6) is 5.75 Å². The highest BCUT2D eigenvalue weighted by molar-refractivity contribution is 9.12. The van der Waals surface area contributed by atoms with Gasteiger partial charge in [-0.15, -0.1) is 0 Å². The lowest BCUT2D eigenvalue weighted by Gasteiger charge is -2.20. The van der Waals surface area contributed by atoms with Gasteiger partial charge < -0.3 is 20.7 Å². The van der Waals surface area contributed by atoms with E-state index < -0.39 is 5.91 Å². The van der Waals surface area contributed by atoms with E-state index in [4.69, 9.17) is 27.1 Å². The Labute approximate surface area is 230 Å². The number of ether oxygens (including phenoxy) is 1. The van der Waals surface area contributed by atoms with Crippen LogP contribution in [0.4, 0.5) is 0 Å². The minimum atomic E-state index is -0.404. The topological polar surface area (TPSA) is 97.0 Å². The van der Waals surface area contributed by atoms with Gasteiger partial charge in [-0.25, -0.2) is 0 Å². The second kappa shape index (κ2) is 12.0. The van der Waals surface area contributed by atoms with Gasteiger partial charge in [0.05, 0.1) is 28.2 Å². The molecule has 7 nitrogen and oxygen atoms in total. The summed E-state index contributed by atoms with van der Waals surface area (Å²) >= 11 is 9.88. The molecular weight excluding hydrogens is 556 g/mol. The van der Waals surface area contributed by atoms with Gasteiger partial charge in [0.2, 0.25) is 5.91 Å². The molecule has 2 atom stereocenters. The molecule has 0 aliphatic carbocycles. The third-order valence-electron chi connectivity index (χ3n) is 6.12. The van der Waals surface area contributed by atoms with E-state index in [1.54, 1.807) is 18.2 Å². The molecule has 0 saturated carbocycles. The first-order valence-electron chi connectivity index (χ1n) is 12.2. The third kappa shape index (κ3) is 7.02. The van der Waals surface area contributed by atoms with Crippen molar-refractivity contribution in [2.75, 3.05) is 6.54 Å². The number of nitrogens with two attached hydrogens (primary N) is 1. The maximum absolute atomic E-state index is 13.0. The van der Waals surface area contributed by atoms with Crippen LogP contribution in [0.1, 0.15) is 54.2 Å². The number of hydrogen-bond donors (Lipinski definition) is 2. The monoisotopic (exact) mass is 584 g/mol. The number of amides is 2. The van der Waals surface area contributed by atoms with E-state index in [1.807, 2.05) is 44.3 Å². The molecule has 2 amide bonds. The predicted octanol–water partition coefficient (Wildman–Crippen LogP) is 5.30. The zero-order valence-electron chi connectivity index (χ0n) is 20.8. The molecule has 2 aromatic carbocycles. The minimum Gasteiger partial charge on any atom is -0.489 e. The molecule has 0 fully saturated rings. The van der Waals surface area contributed by atoms with Crippen molar-refractivity contribution in [1.82, 2.24) is 10.2 Å². The Morgan fingerprint density at radius 3 is 2.65 bits per heavy atom. The number of benzene rings is 2. The number of carbonyl (C=O) groups is 2. The Bertz CT molecular complexity index is 1260. The van der Waals surface area contributed by atoms with Gasteiger partial charge in [-0.05, 0) is 84.1 Å². The smallest absolute Gasteiger partial charge is 0.251 e. The summed E-state index contributed by atoms with van der Waals surface area (Å²) in [5.41, 5.74) is 7.98. The molecule has 2 aliphatic rings. The normalized spacial score (nSPS) is 17.2. The molecule has 0 radical (unpaired) electrons. The Morgan fingerprint density at radius 1 is 1.24 bits per heavy atom. The lowest BCUT2D eigenvalue weighted by Crippen LogP contribution is -2.37. The van der Waals surface area contributed by atoms with E-state index in [0.717, 1.165) is 28.0 Å². The summed E-state index contributed by atoms with van der Waals surface area (Å²) in [5.74, 6) is 0.796. The summed E-state index contributed by atoms with van der Waals surface area (Å²) in [6.45, 7) is 4.60. The van der Waals surface area contributed by atoms with Crippen molar-refractivity contribution in [1.29, 1.82) is 0 Å². The average molecular weight is 586 g/mol. The first-order valence-corrected chi connectivity index (χ1v) is 13.4. The Hall–Kier alpha value is -3.10. The lowest BCUT2D eigenvalue weighted by molar-refractivity contribution is -0.118. The van der Waals surface area contributed by atoms with Gasteiger partial charge in [0.15, 0.2) is 0 Å². The first-order chi connectivity index (χ1) is 17.7. The van der Waals surface area contributed by atoms with Crippen molar-refractivity contribution in [3.8, 4) is 5.75 Å². The van der Waals surface area contributed by atoms with Crippen LogP contribution in [-0.2, 0) is 11.2 Å². The maximum atomic E-state index is 13.0. The largest absolute Gasteiger partial charge is 0.489 e. The number of primary amides is 1. The number of hydrogen-bond acceptors (Lipinski definition) is 5. The van der Waals surface area contributed by atoms with Gasteiger partial charge >= 0.3 is 0 Å². The quantitative estimate of drug-likeness (QED) is 0.396. The van der Waals surface area contributed by atoms with Crippen LogP contribution >= 0.6 is 27.5 Å². The Morgan fingerprint density at radius 2 is 2.00 bits per heavy atom. The van der Waals surface area contributed by atoms with Crippen LogP contribution < -0.4 is 15.8 Å². The van der Waals surface area contributed by atoms with Crippen LogP contribution in [0.2, 0.25) is 5.02 Å². The molecule has 2 aliphatic heterocycles. The number of nitrogens with one attached hydrogen (secondary N) is 1. The SMILES string of the molecule is CC(C)Oc1ccc(C(=O)N[C@H](CCC(N)=O)Cc2ccc(C3CN4C=CC=C(Br)C4=N3)cc2)cc1Cl. The highest BCUT2D eigenvalue weighted by Crippen LogP contribution is 2.31. The van der Waals surface area contributed by atoms with Crippen molar-refractivity contribution in [2.24, 2.45) is 10.7 Å². The summed E-state index contributed by atoms with van der Waals surface area (Å²) in [6.07, 6.45) is 7.16. The molecular formula is C28H30BrClN4O3. The van der Waals surface area contributed by atoms with E-state index in [0.29, 0.717) is 29.2 Å². The fourth-order valence-corrected chi connectivity index (χ4v) is 5.02. The summed E-state index contributed by atoms with van der Waals surface area (Å²) in [7, 11) is 0. The van der Waals surface area contributed by atoms with Crippen LogP contribution in [-0.4, -0.2) is 41.2 Å². The summed E-state index contributed by atoms with van der Waals surface area (Å²) in [4.78, 5) is 31.4. The molecule has 194 valence electrons. The zero-order valence-corrected chi connectivity index (χ0v) is 23.1. The minimum absolute atomic E-state index is 0.0277. The van der Waals surface area contributed by atoms with Gasteiger partial charge in [0.25, 0.3) is 5.91 Å². The van der Waals surface area contributed by atoms with E-state index in [9.17, 15) is 9.59 Å². The van der Waals surface area contributed by atoms with E-state index >= 15 is 0 Å². The molecule has 0 aromatic heterocycles. The van der Waals surface area contributed by atoms with Gasteiger partial charge in [0, 0.05) is 24.2 Å². The number of aliphatic imine (C=N–C) groups is 1. The predicted molar refractivity (Wildman–Crippen MR) is 150 cm³/mol. The Kier molecular flexibility index (Phi) is 8.71. The second-order valence-electron chi connectivity index (χ2n) is 9.41. The molecule has 0 saturated heterocycles. The standard InChI is InChI=1S/C28H30BrClN4O3/c1-17(2)37-25-11-9-20(15-23(25)30)28(36)32-21(10-12-26(31)35)14-18-5-7-19(8-6-18)24-16-34-13-3-4-22(29)27(34)33-24/h3-9,11,13,15,17,21,24H,10,12,14,16H2,1-2H3,(H2,31,35)(H,32,36)/t21-,24?/m1/s1. The van der Waals surface area contributed by atoms with Gasteiger partial charge in [-0.1, -0.05) is 35.9 Å². The lowest BCUT2D eigenvalue weighted by atomic mass is 9.98. The van der Waals surface area contributed by atoms with Gasteiger partial charge in [0.1, 0.15) is 11.6 Å². The molecule has 37 heavy (non-hydrogen) atoms. The first kappa shape index (κ1) is 26.9. The third-order valence-corrected chi connectivity index (χ3v) is 7.03. The molecule has 1 unspecified atom stereocenters. The fraction of sp³-hybridized carbons (Fsp3) is 0.321. The number of rotatable bonds is 10. The number of fused-ring (bicyclic) bond motifs is 1. The molecule has 4 rings (SSSR count). The van der Waals surface area contributed by atoms with Crippen molar-refractivity contribution in [3.63, 3.8) is 0 Å². The zero-order chi connectivity index (χ0) is 26.5. The van der Waals surface area contributed by atoms with E-state index in [1.165, 1.54) is 0 Å². The fourth-order valence-electron chi connectivity index (χ4n) is 4.31. The number of allylic oxidation sites excluding steroid dienone is 2. The van der Waals surface area contributed by atoms with Gasteiger partial charge in [-0.2, -0.15) is 0 Å². The Balaban J connectivity index is 1.43. The maximum Gasteiger partial charge on any atom is 0.251 e. The van der Waals surface area contributed by atoms with Gasteiger partial charge in [-0.3, -0.25) is 14.6 Å². The van der Waals surface area contributed by atoms with Crippen molar-refractivity contribution in [2.45, 2.75) is 51.3 Å². The highest BCUT2D eigenvalue weighted by atomic mass is 79.9. The molecule has 9 heteroatoms. The average Bonchev–Trinajstić information content (AvgIpc) is 3.30.